The summed E-state index contributed by atoms with van der Waals surface area (Å²) in [4.78, 5) is 0. The molecule has 1 atom stereocenters. The van der Waals surface area contributed by atoms with Crippen molar-refractivity contribution in [2.75, 3.05) is 19.8 Å². The van der Waals surface area contributed by atoms with Crippen LogP contribution in [-0.4, -0.2) is 37.5 Å². The summed E-state index contributed by atoms with van der Waals surface area (Å²) in [6, 6.07) is 2.78. The second kappa shape index (κ2) is 6.95. The van der Waals surface area contributed by atoms with Crippen LogP contribution in [0.5, 0.6) is 0 Å². The van der Waals surface area contributed by atoms with Crippen molar-refractivity contribution in [2.24, 2.45) is 0 Å². The number of nitrogens with one attached hydrogen (secondary N) is 1. The van der Waals surface area contributed by atoms with E-state index in [1.54, 1.807) is 0 Å². The Bertz CT molecular complexity index is 251. The molecule has 4 heteroatoms. The van der Waals surface area contributed by atoms with Gasteiger partial charge in [0.15, 0.2) is 0 Å². The molecule has 0 bridgehead atoms. The normalized spacial score (nSPS) is 17.8. The Morgan fingerprint density at radius 2 is 2.00 bits per heavy atom. The number of ether oxygens (including phenoxy) is 2. The van der Waals surface area contributed by atoms with Crippen LogP contribution in [0.2, 0.25) is 0 Å². The molecule has 98 valence electrons. The summed E-state index contributed by atoms with van der Waals surface area (Å²) in [6.07, 6.45) is 3.17. The second-order valence-corrected chi connectivity index (χ2v) is 5.48. The van der Waals surface area contributed by atoms with E-state index in [0.717, 1.165) is 6.42 Å². The van der Waals surface area contributed by atoms with E-state index < -0.39 is 0 Å². The van der Waals surface area contributed by atoms with Gasteiger partial charge in [-0.25, -0.2) is 0 Å². The molecule has 1 fully saturated rings. The average Bonchev–Trinajstić information content (AvgIpc) is 3.03. The molecule has 1 unspecified atom stereocenters. The first kappa shape index (κ1) is 14.4. The van der Waals surface area contributed by atoms with Gasteiger partial charge in [-0.3, -0.25) is 5.32 Å². The van der Waals surface area contributed by atoms with Gasteiger partial charge in [0.25, 0.3) is 0 Å². The highest BCUT2D eigenvalue weighted by Gasteiger charge is 2.24. The molecule has 1 rings (SSSR count). The van der Waals surface area contributed by atoms with Crippen molar-refractivity contribution >= 4 is 0 Å². The van der Waals surface area contributed by atoms with E-state index in [1.165, 1.54) is 12.8 Å². The van der Waals surface area contributed by atoms with Crippen molar-refractivity contribution < 1.29 is 9.47 Å². The SMILES string of the molecule is CC(C)(C)OCCOCCC(C#N)NC1CC1. The third-order valence-electron chi connectivity index (χ3n) is 2.48. The van der Waals surface area contributed by atoms with E-state index in [2.05, 4.69) is 11.4 Å². The van der Waals surface area contributed by atoms with Crippen molar-refractivity contribution in [3.8, 4) is 6.07 Å². The quantitative estimate of drug-likeness (QED) is 0.658. The van der Waals surface area contributed by atoms with E-state index in [9.17, 15) is 0 Å². The first-order valence-corrected chi connectivity index (χ1v) is 6.38. The lowest BCUT2D eigenvalue weighted by Crippen LogP contribution is -2.31. The lowest BCUT2D eigenvalue weighted by molar-refractivity contribution is -0.0353. The Labute approximate surface area is 104 Å². The maximum absolute atomic E-state index is 8.92. The number of nitrogens with zero attached hydrogens (tertiary/aromatic N) is 1. The summed E-state index contributed by atoms with van der Waals surface area (Å²) in [5.41, 5.74) is -0.105. The van der Waals surface area contributed by atoms with Gasteiger partial charge >= 0.3 is 0 Å². The van der Waals surface area contributed by atoms with E-state index >= 15 is 0 Å². The Hall–Kier alpha value is -0.630. The minimum atomic E-state index is -0.105. The third kappa shape index (κ3) is 8.14. The lowest BCUT2D eigenvalue weighted by atomic mass is 10.2. The third-order valence-corrected chi connectivity index (χ3v) is 2.48. The zero-order valence-electron chi connectivity index (χ0n) is 11.2. The van der Waals surface area contributed by atoms with Crippen LogP contribution in [0.15, 0.2) is 0 Å². The molecule has 0 radical (unpaired) electrons. The van der Waals surface area contributed by atoms with Crippen LogP contribution in [0.4, 0.5) is 0 Å². The fourth-order valence-corrected chi connectivity index (χ4v) is 1.43. The van der Waals surface area contributed by atoms with Gasteiger partial charge in [-0.05, 0) is 40.0 Å². The van der Waals surface area contributed by atoms with Gasteiger partial charge in [-0.1, -0.05) is 0 Å². The van der Waals surface area contributed by atoms with Crippen LogP contribution in [0, 0.1) is 11.3 Å². The van der Waals surface area contributed by atoms with Gasteiger partial charge in [0.2, 0.25) is 0 Å². The summed E-state index contributed by atoms with van der Waals surface area (Å²) in [6.45, 7) is 7.90. The Kier molecular flexibility index (Phi) is 5.90. The van der Waals surface area contributed by atoms with Gasteiger partial charge in [-0.2, -0.15) is 5.26 Å². The zero-order valence-corrected chi connectivity index (χ0v) is 11.2. The van der Waals surface area contributed by atoms with Crippen LogP contribution in [0.25, 0.3) is 0 Å². The summed E-state index contributed by atoms with van der Waals surface area (Å²) in [7, 11) is 0. The average molecular weight is 240 g/mol. The maximum Gasteiger partial charge on any atom is 0.0977 e. The molecule has 0 spiro atoms. The largest absolute Gasteiger partial charge is 0.379 e. The van der Waals surface area contributed by atoms with Crippen molar-refractivity contribution in [3.63, 3.8) is 0 Å². The standard InChI is InChI=1S/C13H24N2O2/c1-13(2,3)17-9-8-16-7-6-12(10-14)15-11-4-5-11/h11-12,15H,4-9H2,1-3H3. The molecule has 1 aliphatic carbocycles. The number of hydrogen-bond donors (Lipinski definition) is 1. The second-order valence-electron chi connectivity index (χ2n) is 5.48. The highest BCUT2D eigenvalue weighted by atomic mass is 16.5. The number of rotatable bonds is 8. The predicted octanol–water partition coefficient (Wildman–Crippen LogP) is 1.85. The molecular weight excluding hydrogens is 216 g/mol. The summed E-state index contributed by atoms with van der Waals surface area (Å²) < 4.78 is 11.0. The minimum Gasteiger partial charge on any atom is -0.379 e. The summed E-state index contributed by atoms with van der Waals surface area (Å²) >= 11 is 0. The smallest absolute Gasteiger partial charge is 0.0977 e. The van der Waals surface area contributed by atoms with Crippen molar-refractivity contribution in [1.29, 1.82) is 5.26 Å². The van der Waals surface area contributed by atoms with Gasteiger partial charge < -0.3 is 9.47 Å². The fraction of sp³-hybridized carbons (Fsp3) is 0.923. The molecular formula is C13H24N2O2. The van der Waals surface area contributed by atoms with Gasteiger partial charge in [-0.15, -0.1) is 0 Å². The van der Waals surface area contributed by atoms with E-state index in [1.807, 2.05) is 20.8 Å². The molecule has 1 saturated carbocycles. The Morgan fingerprint density at radius 3 is 2.53 bits per heavy atom. The minimum absolute atomic E-state index is 0.0639. The fourth-order valence-electron chi connectivity index (χ4n) is 1.43. The Balaban J connectivity index is 1.93. The van der Waals surface area contributed by atoms with Crippen molar-refractivity contribution in [3.05, 3.63) is 0 Å². The molecule has 1 N–H and O–H groups in total. The van der Waals surface area contributed by atoms with Crippen LogP contribution in [0.3, 0.4) is 0 Å². The van der Waals surface area contributed by atoms with E-state index in [0.29, 0.717) is 25.9 Å². The van der Waals surface area contributed by atoms with Crippen LogP contribution >= 0.6 is 0 Å². The van der Waals surface area contributed by atoms with Crippen molar-refractivity contribution in [2.45, 2.75) is 57.7 Å². The van der Waals surface area contributed by atoms with Gasteiger partial charge in [0.1, 0.15) is 0 Å². The van der Waals surface area contributed by atoms with Gasteiger partial charge in [0.05, 0.1) is 30.9 Å². The first-order valence-electron chi connectivity index (χ1n) is 6.38. The lowest BCUT2D eigenvalue weighted by Gasteiger charge is -2.19. The van der Waals surface area contributed by atoms with Crippen LogP contribution < -0.4 is 5.32 Å². The summed E-state index contributed by atoms with van der Waals surface area (Å²) in [5, 5.41) is 12.2. The van der Waals surface area contributed by atoms with Crippen LogP contribution in [-0.2, 0) is 9.47 Å². The topological polar surface area (TPSA) is 54.3 Å². The molecule has 4 nitrogen and oxygen atoms in total. The Morgan fingerprint density at radius 1 is 1.29 bits per heavy atom. The molecule has 0 heterocycles. The highest BCUT2D eigenvalue weighted by molar-refractivity contribution is 4.95. The van der Waals surface area contributed by atoms with Gasteiger partial charge in [0, 0.05) is 12.6 Å². The van der Waals surface area contributed by atoms with Crippen molar-refractivity contribution in [1.82, 2.24) is 5.32 Å². The number of nitriles is 1. The first-order chi connectivity index (χ1) is 8.01. The monoisotopic (exact) mass is 240 g/mol. The van der Waals surface area contributed by atoms with Crippen LogP contribution in [0.1, 0.15) is 40.0 Å². The maximum atomic E-state index is 8.92. The highest BCUT2D eigenvalue weighted by Crippen LogP contribution is 2.19. The molecule has 0 amide bonds. The molecule has 0 saturated heterocycles. The molecule has 0 aromatic heterocycles. The molecule has 0 aliphatic heterocycles. The molecule has 0 aromatic rings. The molecule has 17 heavy (non-hydrogen) atoms. The predicted molar refractivity (Wildman–Crippen MR) is 66.7 cm³/mol. The zero-order chi connectivity index (χ0) is 12.7. The van der Waals surface area contributed by atoms with E-state index in [4.69, 9.17) is 14.7 Å². The molecule has 1 aliphatic rings. The summed E-state index contributed by atoms with van der Waals surface area (Å²) in [5.74, 6) is 0. The number of hydrogen-bond acceptors (Lipinski definition) is 4. The van der Waals surface area contributed by atoms with E-state index in [-0.39, 0.29) is 11.6 Å². The molecule has 0 aromatic carbocycles.